The van der Waals surface area contributed by atoms with Crippen molar-refractivity contribution >= 4 is 71.2 Å². The van der Waals surface area contributed by atoms with Gasteiger partial charge in [0.1, 0.15) is 0 Å². The average molecular weight is 747 g/mol. The molecule has 4 nitrogen and oxygen atoms in total. The van der Waals surface area contributed by atoms with E-state index in [4.69, 9.17) is 9.97 Å². The van der Waals surface area contributed by atoms with Crippen LogP contribution >= 0.6 is 11.3 Å². The summed E-state index contributed by atoms with van der Waals surface area (Å²) in [6.45, 7) is 0. The Kier molecular flexibility index (Phi) is 7.19. The number of nitrogens with zero attached hydrogens (tertiary/aromatic N) is 4. The Morgan fingerprint density at radius 2 is 1.21 bits per heavy atom. The summed E-state index contributed by atoms with van der Waals surface area (Å²) in [5, 5.41) is 5.01. The maximum absolute atomic E-state index is 5.46. The molecule has 0 amide bonds. The van der Waals surface area contributed by atoms with Crippen molar-refractivity contribution in [3.63, 3.8) is 0 Å². The first-order chi connectivity index (χ1) is 28.3. The number of hydrogen-bond acceptors (Lipinski definition) is 3. The second-order valence-corrected chi connectivity index (χ2v) is 15.9. The zero-order chi connectivity index (χ0) is 37.5. The van der Waals surface area contributed by atoms with Crippen molar-refractivity contribution in [2.75, 3.05) is 0 Å². The lowest BCUT2D eigenvalue weighted by Crippen LogP contribution is -2.02. The quantitative estimate of drug-likeness (QED) is 0.176. The van der Waals surface area contributed by atoms with E-state index in [1.807, 2.05) is 6.07 Å². The van der Waals surface area contributed by atoms with Crippen molar-refractivity contribution in [1.82, 2.24) is 19.1 Å². The number of benzene rings is 7. The maximum atomic E-state index is 5.46. The molecule has 1 aliphatic carbocycles. The zero-order valence-electron chi connectivity index (χ0n) is 30.9. The van der Waals surface area contributed by atoms with E-state index in [0.717, 1.165) is 57.0 Å². The number of fused-ring (bicyclic) bond motifs is 9. The number of hydrogen-bond donors (Lipinski definition) is 0. The van der Waals surface area contributed by atoms with E-state index in [1.165, 1.54) is 65.3 Å². The smallest absolute Gasteiger partial charge is 0.162 e. The molecule has 7 aromatic carbocycles. The normalized spacial score (nSPS) is 12.7. The fourth-order valence-corrected chi connectivity index (χ4v) is 10.2. The molecular weight excluding hydrogens is 713 g/mol. The van der Waals surface area contributed by atoms with E-state index < -0.39 is 0 Å². The molecule has 0 bridgehead atoms. The standard InChI is InChI=1S/C52H34N4S/c1-4-16-34(17-5-1)47-32-42-50(57-47)52(54-51(53-42)35-18-6-2-7-19-35)56-44-29-28-36(31-41(44)49-38-22-11-10-15-33(38)27-30-46(49)56)39-24-14-26-45-48(39)40-23-12-13-25-43(40)55(45)37-20-8-3-9-21-37/h1-9,11-14,16-32H,10,15H2. The van der Waals surface area contributed by atoms with Gasteiger partial charge in [0.25, 0.3) is 0 Å². The number of thiophene rings is 1. The summed E-state index contributed by atoms with van der Waals surface area (Å²) in [5.74, 6) is 1.63. The molecule has 0 fully saturated rings. The monoisotopic (exact) mass is 746 g/mol. The Balaban J connectivity index is 1.16. The lowest BCUT2D eigenvalue weighted by Gasteiger charge is -2.13. The molecule has 0 aliphatic heterocycles. The van der Waals surface area contributed by atoms with Crippen molar-refractivity contribution < 1.29 is 0 Å². The first kappa shape index (κ1) is 32.2. The summed E-state index contributed by atoms with van der Waals surface area (Å²) in [4.78, 5) is 11.8. The van der Waals surface area contributed by atoms with E-state index in [9.17, 15) is 0 Å². The van der Waals surface area contributed by atoms with Crippen LogP contribution in [0.3, 0.4) is 0 Å². The average Bonchev–Trinajstić information content (AvgIpc) is 3.97. The van der Waals surface area contributed by atoms with Crippen LogP contribution in [0.4, 0.5) is 0 Å². The summed E-state index contributed by atoms with van der Waals surface area (Å²) in [6.07, 6.45) is 6.76. The van der Waals surface area contributed by atoms with Crippen LogP contribution in [0.25, 0.3) is 104 Å². The van der Waals surface area contributed by atoms with Gasteiger partial charge in [0.2, 0.25) is 0 Å². The number of para-hydroxylation sites is 2. The molecule has 0 radical (unpaired) electrons. The van der Waals surface area contributed by atoms with Crippen LogP contribution in [-0.2, 0) is 6.42 Å². The Labute approximate surface area is 333 Å². The van der Waals surface area contributed by atoms with Gasteiger partial charge >= 0.3 is 0 Å². The molecule has 12 rings (SSSR count). The summed E-state index contributed by atoms with van der Waals surface area (Å²) in [7, 11) is 0. The second-order valence-electron chi connectivity index (χ2n) is 14.9. The molecule has 5 heteroatoms. The van der Waals surface area contributed by atoms with E-state index in [1.54, 1.807) is 11.3 Å². The molecular formula is C52H34N4S. The number of aromatic nitrogens is 4. The summed E-state index contributed by atoms with van der Waals surface area (Å²) < 4.78 is 5.87. The molecule has 0 saturated heterocycles. The highest BCUT2D eigenvalue weighted by Gasteiger charge is 2.24. The van der Waals surface area contributed by atoms with Gasteiger partial charge in [-0.05, 0) is 89.2 Å². The first-order valence-electron chi connectivity index (χ1n) is 19.6. The Hall–Kier alpha value is -7.08. The highest BCUT2D eigenvalue weighted by Crippen LogP contribution is 2.45. The fraction of sp³-hybridized carbons (Fsp3) is 0.0385. The molecule has 1 aliphatic rings. The predicted molar refractivity (Wildman–Crippen MR) is 240 cm³/mol. The molecule has 0 atom stereocenters. The minimum Gasteiger partial charge on any atom is -0.309 e. The van der Waals surface area contributed by atoms with Gasteiger partial charge in [-0.3, -0.25) is 4.57 Å². The van der Waals surface area contributed by atoms with E-state index >= 15 is 0 Å². The topological polar surface area (TPSA) is 35.6 Å². The van der Waals surface area contributed by atoms with Crippen molar-refractivity contribution in [2.45, 2.75) is 12.8 Å². The largest absolute Gasteiger partial charge is 0.309 e. The maximum Gasteiger partial charge on any atom is 0.162 e. The zero-order valence-corrected chi connectivity index (χ0v) is 31.7. The van der Waals surface area contributed by atoms with E-state index in [0.29, 0.717) is 0 Å². The van der Waals surface area contributed by atoms with Crippen molar-refractivity contribution in [1.29, 1.82) is 0 Å². The fourth-order valence-electron chi connectivity index (χ4n) is 9.07. The van der Waals surface area contributed by atoms with Gasteiger partial charge in [0, 0.05) is 37.7 Å². The summed E-state index contributed by atoms with van der Waals surface area (Å²) in [5.41, 5.74) is 14.1. The Morgan fingerprint density at radius 1 is 0.509 bits per heavy atom. The third kappa shape index (κ3) is 4.99. The third-order valence-electron chi connectivity index (χ3n) is 11.6. The van der Waals surface area contributed by atoms with Gasteiger partial charge in [-0.25, -0.2) is 9.97 Å². The van der Waals surface area contributed by atoms with Crippen LogP contribution in [0.15, 0.2) is 176 Å². The van der Waals surface area contributed by atoms with E-state index in [2.05, 4.69) is 185 Å². The molecule has 4 aromatic heterocycles. The van der Waals surface area contributed by atoms with Crippen LogP contribution in [0.5, 0.6) is 0 Å². The molecule has 0 unspecified atom stereocenters. The lowest BCUT2D eigenvalue weighted by atomic mass is 9.92. The predicted octanol–water partition coefficient (Wildman–Crippen LogP) is 13.8. The Morgan fingerprint density at radius 3 is 2.05 bits per heavy atom. The molecule has 4 heterocycles. The van der Waals surface area contributed by atoms with Crippen molar-refractivity contribution in [3.8, 4) is 44.5 Å². The van der Waals surface area contributed by atoms with E-state index in [-0.39, 0.29) is 0 Å². The van der Waals surface area contributed by atoms with Gasteiger partial charge in [-0.2, -0.15) is 0 Å². The molecule has 268 valence electrons. The summed E-state index contributed by atoms with van der Waals surface area (Å²) >= 11 is 1.77. The van der Waals surface area contributed by atoms with Crippen molar-refractivity contribution in [3.05, 3.63) is 187 Å². The Bertz CT molecular complexity index is 3390. The SMILES string of the molecule is C1=Cc2c(ccc3c2c2cc(-c4cccc5c4c4ccccc4n5-c4ccccc4)ccc2n3-c2nc(-c3ccccc3)nc3cc(-c4ccccc4)sc23)CC1. The highest BCUT2D eigenvalue weighted by molar-refractivity contribution is 7.22. The third-order valence-corrected chi connectivity index (χ3v) is 12.8. The van der Waals surface area contributed by atoms with Gasteiger partial charge in [0.15, 0.2) is 11.6 Å². The minimum atomic E-state index is 0.724. The number of rotatable bonds is 5. The van der Waals surface area contributed by atoms with Gasteiger partial charge in [0.05, 0.1) is 32.3 Å². The summed E-state index contributed by atoms with van der Waals surface area (Å²) in [6, 6.07) is 61.2. The highest BCUT2D eigenvalue weighted by atomic mass is 32.1. The first-order valence-corrected chi connectivity index (χ1v) is 20.4. The molecule has 0 spiro atoms. The van der Waals surface area contributed by atoms with Crippen LogP contribution in [0.2, 0.25) is 0 Å². The van der Waals surface area contributed by atoms with Gasteiger partial charge in [-0.15, -0.1) is 11.3 Å². The van der Waals surface area contributed by atoms with Crippen molar-refractivity contribution in [2.24, 2.45) is 0 Å². The van der Waals surface area contributed by atoms with Crippen LogP contribution < -0.4 is 0 Å². The molecule has 11 aromatic rings. The molecule has 0 saturated carbocycles. The van der Waals surface area contributed by atoms with Crippen LogP contribution in [0.1, 0.15) is 17.5 Å². The molecule has 57 heavy (non-hydrogen) atoms. The molecule has 0 N–H and O–H groups in total. The van der Waals surface area contributed by atoms with Gasteiger partial charge < -0.3 is 4.57 Å². The minimum absolute atomic E-state index is 0.724. The lowest BCUT2D eigenvalue weighted by molar-refractivity contribution is 0.989. The van der Waals surface area contributed by atoms with Crippen LogP contribution in [0, 0.1) is 0 Å². The van der Waals surface area contributed by atoms with Crippen LogP contribution in [-0.4, -0.2) is 19.1 Å². The number of aryl methyl sites for hydroxylation is 1. The number of allylic oxidation sites excluding steroid dienone is 1. The van der Waals surface area contributed by atoms with Gasteiger partial charge in [-0.1, -0.05) is 133 Å². The second kappa shape index (κ2) is 12.7.